The minimum atomic E-state index is 0.0584. The van der Waals surface area contributed by atoms with E-state index in [9.17, 15) is 0 Å². The maximum Gasteiger partial charge on any atom is 0.240 e. The zero-order chi connectivity index (χ0) is 12.8. The van der Waals surface area contributed by atoms with Gasteiger partial charge in [-0.1, -0.05) is 35.5 Å². The van der Waals surface area contributed by atoms with Crippen molar-refractivity contribution >= 4 is 0 Å². The molecule has 2 aromatic rings. The van der Waals surface area contributed by atoms with Crippen LogP contribution in [0.5, 0.6) is 0 Å². The van der Waals surface area contributed by atoms with Gasteiger partial charge in [0.1, 0.15) is 0 Å². The highest BCUT2D eigenvalue weighted by Gasteiger charge is 2.05. The van der Waals surface area contributed by atoms with E-state index < -0.39 is 0 Å². The van der Waals surface area contributed by atoms with Gasteiger partial charge in [0, 0.05) is 6.04 Å². The first-order chi connectivity index (χ1) is 8.75. The van der Waals surface area contributed by atoms with Gasteiger partial charge >= 0.3 is 0 Å². The van der Waals surface area contributed by atoms with Crippen molar-refractivity contribution in [2.24, 2.45) is 5.73 Å². The number of nitrogens with two attached hydrogens (primary N) is 1. The van der Waals surface area contributed by atoms with Crippen LogP contribution >= 0.6 is 0 Å². The number of benzene rings is 1. The number of nitrogens with zero attached hydrogens (tertiary/aromatic N) is 2. The summed E-state index contributed by atoms with van der Waals surface area (Å²) in [6.45, 7) is 3.21. The monoisotopic (exact) mass is 246 g/mol. The molecule has 0 bridgehead atoms. The first kappa shape index (κ1) is 12.7. The average molecular weight is 246 g/mol. The van der Waals surface area contributed by atoms with E-state index in [-0.39, 0.29) is 6.04 Å². The number of hydrogen-bond acceptors (Lipinski definition) is 5. The highest BCUT2D eigenvalue weighted by molar-refractivity contribution is 5.18. The van der Waals surface area contributed by atoms with Crippen molar-refractivity contribution in [2.75, 3.05) is 6.54 Å². The number of aryl methyl sites for hydroxylation is 1. The van der Waals surface area contributed by atoms with Crippen LogP contribution in [0.15, 0.2) is 34.9 Å². The first-order valence-corrected chi connectivity index (χ1v) is 6.06. The molecule has 1 unspecified atom stereocenters. The topological polar surface area (TPSA) is 77.0 Å². The smallest absolute Gasteiger partial charge is 0.240 e. The summed E-state index contributed by atoms with van der Waals surface area (Å²) in [5.74, 6) is 1.27. The Balaban J connectivity index is 1.69. The second-order valence-corrected chi connectivity index (χ2v) is 4.22. The van der Waals surface area contributed by atoms with Gasteiger partial charge < -0.3 is 15.6 Å². The lowest BCUT2D eigenvalue weighted by Gasteiger charge is -2.11. The summed E-state index contributed by atoms with van der Waals surface area (Å²) < 4.78 is 5.00. The maximum absolute atomic E-state index is 6.09. The summed E-state index contributed by atoms with van der Waals surface area (Å²) in [5.41, 5.74) is 7.25. The number of hydrogen-bond donors (Lipinski definition) is 2. The van der Waals surface area contributed by atoms with Crippen molar-refractivity contribution < 1.29 is 4.52 Å². The third-order valence-corrected chi connectivity index (χ3v) is 2.71. The molecule has 1 heterocycles. The molecule has 0 aliphatic carbocycles. The van der Waals surface area contributed by atoms with Crippen molar-refractivity contribution in [3.05, 3.63) is 47.6 Å². The van der Waals surface area contributed by atoms with Gasteiger partial charge in [-0.05, 0) is 25.5 Å². The predicted molar refractivity (Wildman–Crippen MR) is 68.7 cm³/mol. The van der Waals surface area contributed by atoms with Gasteiger partial charge in [0.2, 0.25) is 5.89 Å². The lowest BCUT2D eigenvalue weighted by molar-refractivity contribution is 0.363. The van der Waals surface area contributed by atoms with Crippen molar-refractivity contribution in [1.82, 2.24) is 15.5 Å². The molecule has 96 valence electrons. The van der Waals surface area contributed by atoms with E-state index in [2.05, 4.69) is 15.5 Å². The molecule has 0 saturated carbocycles. The SMILES string of the molecule is Cc1noc(CNCCC(N)c2ccccc2)n1. The van der Waals surface area contributed by atoms with Crippen molar-refractivity contribution in [1.29, 1.82) is 0 Å². The summed E-state index contributed by atoms with van der Waals surface area (Å²) in [4.78, 5) is 4.11. The predicted octanol–water partition coefficient (Wildman–Crippen LogP) is 1.56. The van der Waals surface area contributed by atoms with Gasteiger partial charge in [-0.25, -0.2) is 0 Å². The lowest BCUT2D eigenvalue weighted by Crippen LogP contribution is -2.20. The minimum absolute atomic E-state index is 0.0584. The van der Waals surface area contributed by atoms with Gasteiger partial charge in [-0.15, -0.1) is 0 Å². The van der Waals surface area contributed by atoms with Crippen molar-refractivity contribution in [3.8, 4) is 0 Å². The number of rotatable bonds is 6. The second kappa shape index (κ2) is 6.28. The molecular weight excluding hydrogens is 228 g/mol. The Labute approximate surface area is 106 Å². The summed E-state index contributed by atoms with van der Waals surface area (Å²) in [6, 6.07) is 10.2. The van der Waals surface area contributed by atoms with Crippen LogP contribution in [0.25, 0.3) is 0 Å². The van der Waals surface area contributed by atoms with Crippen molar-refractivity contribution in [3.63, 3.8) is 0 Å². The molecule has 0 amide bonds. The molecule has 5 nitrogen and oxygen atoms in total. The molecule has 1 aromatic carbocycles. The highest BCUT2D eigenvalue weighted by atomic mass is 16.5. The Morgan fingerprint density at radius 1 is 1.33 bits per heavy atom. The molecule has 1 aromatic heterocycles. The molecule has 0 radical (unpaired) electrons. The van der Waals surface area contributed by atoms with E-state index in [1.54, 1.807) is 6.92 Å². The quantitative estimate of drug-likeness (QED) is 0.756. The summed E-state index contributed by atoms with van der Waals surface area (Å²) in [5, 5.41) is 6.97. The minimum Gasteiger partial charge on any atom is -0.338 e. The van der Waals surface area contributed by atoms with Crippen LogP contribution in [-0.4, -0.2) is 16.7 Å². The van der Waals surface area contributed by atoms with Crippen LogP contribution in [0, 0.1) is 6.92 Å². The normalized spacial score (nSPS) is 12.6. The van der Waals surface area contributed by atoms with Crippen molar-refractivity contribution in [2.45, 2.75) is 25.9 Å². The molecule has 2 rings (SSSR count). The van der Waals surface area contributed by atoms with Gasteiger partial charge in [-0.3, -0.25) is 0 Å². The van der Waals surface area contributed by atoms with Gasteiger partial charge in [-0.2, -0.15) is 4.98 Å². The summed E-state index contributed by atoms with van der Waals surface area (Å²) >= 11 is 0. The van der Waals surface area contributed by atoms with E-state index in [1.165, 1.54) is 0 Å². The fourth-order valence-corrected chi connectivity index (χ4v) is 1.73. The van der Waals surface area contributed by atoms with E-state index in [0.29, 0.717) is 18.3 Å². The maximum atomic E-state index is 6.09. The van der Waals surface area contributed by atoms with Crippen LogP contribution in [0.1, 0.15) is 29.7 Å². The summed E-state index contributed by atoms with van der Waals surface area (Å²) in [7, 11) is 0. The standard InChI is InChI=1S/C13H18N4O/c1-10-16-13(18-17-10)9-15-8-7-12(14)11-5-3-2-4-6-11/h2-6,12,15H,7-9,14H2,1H3. The Morgan fingerprint density at radius 2 is 2.11 bits per heavy atom. The van der Waals surface area contributed by atoms with E-state index in [0.717, 1.165) is 18.5 Å². The fourth-order valence-electron chi connectivity index (χ4n) is 1.73. The van der Waals surface area contributed by atoms with Gasteiger partial charge in [0.15, 0.2) is 5.82 Å². The summed E-state index contributed by atoms with van der Waals surface area (Å²) in [6.07, 6.45) is 0.872. The zero-order valence-corrected chi connectivity index (χ0v) is 10.5. The first-order valence-electron chi connectivity index (χ1n) is 6.06. The largest absolute Gasteiger partial charge is 0.338 e. The second-order valence-electron chi connectivity index (χ2n) is 4.22. The van der Waals surface area contributed by atoms with Gasteiger partial charge in [0.25, 0.3) is 0 Å². The Kier molecular flexibility index (Phi) is 4.44. The van der Waals surface area contributed by atoms with Crippen LogP contribution in [0.4, 0.5) is 0 Å². The number of nitrogens with one attached hydrogen (secondary N) is 1. The Hall–Kier alpha value is -1.72. The average Bonchev–Trinajstić information content (AvgIpc) is 2.81. The van der Waals surface area contributed by atoms with Gasteiger partial charge in [0.05, 0.1) is 6.54 Å². The molecule has 0 saturated heterocycles. The number of aromatic nitrogens is 2. The molecule has 0 aliphatic rings. The molecule has 0 aliphatic heterocycles. The van der Waals surface area contributed by atoms with E-state index >= 15 is 0 Å². The van der Waals surface area contributed by atoms with Crippen LogP contribution in [0.2, 0.25) is 0 Å². The molecule has 18 heavy (non-hydrogen) atoms. The van der Waals surface area contributed by atoms with Crippen LogP contribution in [-0.2, 0) is 6.54 Å². The molecule has 0 fully saturated rings. The van der Waals surface area contributed by atoms with E-state index in [1.807, 2.05) is 30.3 Å². The molecule has 1 atom stereocenters. The fraction of sp³-hybridized carbons (Fsp3) is 0.385. The highest BCUT2D eigenvalue weighted by Crippen LogP contribution is 2.12. The van der Waals surface area contributed by atoms with Crippen LogP contribution < -0.4 is 11.1 Å². The third kappa shape index (κ3) is 3.65. The Bertz CT molecular complexity index is 469. The molecule has 3 N–H and O–H groups in total. The third-order valence-electron chi connectivity index (χ3n) is 2.71. The van der Waals surface area contributed by atoms with E-state index in [4.69, 9.17) is 10.3 Å². The molecule has 0 spiro atoms. The lowest BCUT2D eigenvalue weighted by atomic mass is 10.1. The molecular formula is C13H18N4O. The zero-order valence-electron chi connectivity index (χ0n) is 10.5. The van der Waals surface area contributed by atoms with Crippen LogP contribution in [0.3, 0.4) is 0 Å². The molecule has 5 heteroatoms. The Morgan fingerprint density at radius 3 is 2.78 bits per heavy atom.